The van der Waals surface area contributed by atoms with Crippen LogP contribution in [0.15, 0.2) is 22.2 Å². The molecular weight excluding hydrogens is 280 g/mol. The number of rotatable bonds is 3. The van der Waals surface area contributed by atoms with Gasteiger partial charge in [0.2, 0.25) is 0 Å². The summed E-state index contributed by atoms with van der Waals surface area (Å²) in [5.41, 5.74) is 9.29. The summed E-state index contributed by atoms with van der Waals surface area (Å²) in [5, 5.41) is 23.7. The number of anilines is 1. The van der Waals surface area contributed by atoms with Gasteiger partial charge >= 0.3 is 5.69 Å². The largest absolute Gasteiger partial charge is 0.393 e. The standard InChI is InChI=1S/C11H14N6O4/c1-9(15-16-13)7(17-3-2-6(12)14-8(17)19)21-10(5-18)4-11(9,10)20/h2-3,7,18,20H,4-5H2,1H3,(H2,12,14,19)/t7-,9+,10-,11+/m1/s1. The van der Waals surface area contributed by atoms with Crippen molar-refractivity contribution in [3.05, 3.63) is 33.2 Å². The van der Waals surface area contributed by atoms with Crippen LogP contribution in [0.1, 0.15) is 19.6 Å². The lowest BCUT2D eigenvalue weighted by Crippen LogP contribution is -2.47. The second-order valence-electron chi connectivity index (χ2n) is 5.54. The third-order valence-corrected chi connectivity index (χ3v) is 4.44. The van der Waals surface area contributed by atoms with Crippen molar-refractivity contribution in [3.63, 3.8) is 0 Å². The van der Waals surface area contributed by atoms with Gasteiger partial charge in [-0.25, -0.2) is 4.79 Å². The number of nitrogen functional groups attached to an aromatic ring is 1. The number of nitrogens with two attached hydrogens (primary N) is 1. The summed E-state index contributed by atoms with van der Waals surface area (Å²) >= 11 is 0. The van der Waals surface area contributed by atoms with Crippen molar-refractivity contribution in [2.24, 2.45) is 5.11 Å². The Labute approximate surface area is 118 Å². The maximum absolute atomic E-state index is 12.0. The predicted molar refractivity (Wildman–Crippen MR) is 70.0 cm³/mol. The predicted octanol–water partition coefficient (Wildman–Crippen LogP) is -0.711. The fourth-order valence-electron chi connectivity index (χ4n) is 3.06. The van der Waals surface area contributed by atoms with Crippen molar-refractivity contribution in [1.82, 2.24) is 9.55 Å². The third-order valence-electron chi connectivity index (χ3n) is 4.44. The highest BCUT2D eigenvalue weighted by Gasteiger charge is 2.84. The van der Waals surface area contributed by atoms with Crippen LogP contribution < -0.4 is 11.4 Å². The van der Waals surface area contributed by atoms with E-state index in [2.05, 4.69) is 15.0 Å². The van der Waals surface area contributed by atoms with Gasteiger partial charge in [-0.05, 0) is 18.5 Å². The first-order chi connectivity index (χ1) is 9.83. The zero-order chi connectivity index (χ0) is 15.5. The van der Waals surface area contributed by atoms with E-state index in [0.29, 0.717) is 0 Å². The van der Waals surface area contributed by atoms with Crippen LogP contribution in [0.3, 0.4) is 0 Å². The summed E-state index contributed by atoms with van der Waals surface area (Å²) in [4.78, 5) is 18.3. The summed E-state index contributed by atoms with van der Waals surface area (Å²) in [6.07, 6.45) is 0.388. The second-order valence-corrected chi connectivity index (χ2v) is 5.54. The first-order valence-electron chi connectivity index (χ1n) is 6.25. The van der Waals surface area contributed by atoms with Crippen molar-refractivity contribution >= 4 is 5.82 Å². The monoisotopic (exact) mass is 294 g/mol. The van der Waals surface area contributed by atoms with Crippen LogP contribution in [-0.2, 0) is 4.74 Å². The number of hydrogen-bond donors (Lipinski definition) is 3. The molecule has 0 radical (unpaired) electrons. The average molecular weight is 294 g/mol. The van der Waals surface area contributed by atoms with Gasteiger partial charge in [0.15, 0.2) is 6.23 Å². The molecule has 1 aliphatic carbocycles. The van der Waals surface area contributed by atoms with Crippen LogP contribution in [0.2, 0.25) is 0 Å². The van der Waals surface area contributed by atoms with E-state index in [1.165, 1.54) is 19.2 Å². The number of aliphatic hydroxyl groups excluding tert-OH is 1. The Morgan fingerprint density at radius 3 is 3.05 bits per heavy atom. The van der Waals surface area contributed by atoms with E-state index in [-0.39, 0.29) is 12.2 Å². The zero-order valence-electron chi connectivity index (χ0n) is 11.2. The summed E-state index contributed by atoms with van der Waals surface area (Å²) in [5.74, 6) is 0.0421. The molecule has 21 heavy (non-hydrogen) atoms. The highest BCUT2D eigenvalue weighted by molar-refractivity contribution is 5.35. The van der Waals surface area contributed by atoms with Gasteiger partial charge in [0, 0.05) is 17.5 Å². The molecule has 2 heterocycles. The Kier molecular flexibility index (Phi) is 2.60. The van der Waals surface area contributed by atoms with Crippen molar-refractivity contribution in [1.29, 1.82) is 0 Å². The van der Waals surface area contributed by atoms with Crippen LogP contribution in [0.25, 0.3) is 10.4 Å². The fourth-order valence-corrected chi connectivity index (χ4v) is 3.06. The first-order valence-corrected chi connectivity index (χ1v) is 6.25. The molecule has 2 fully saturated rings. The number of hydrogen-bond acceptors (Lipinski definition) is 7. The van der Waals surface area contributed by atoms with Gasteiger partial charge in [0.1, 0.15) is 22.6 Å². The molecule has 1 saturated heterocycles. The topological polar surface area (TPSA) is 159 Å². The second kappa shape index (κ2) is 3.95. The van der Waals surface area contributed by atoms with Gasteiger partial charge in [-0.15, -0.1) is 0 Å². The van der Waals surface area contributed by atoms with Crippen LogP contribution >= 0.6 is 0 Å². The lowest BCUT2D eigenvalue weighted by atomic mass is 9.91. The lowest BCUT2D eigenvalue weighted by Gasteiger charge is -2.31. The maximum Gasteiger partial charge on any atom is 0.351 e. The molecule has 10 nitrogen and oxygen atoms in total. The SMILES string of the molecule is C[C@]1(N=[N+]=[N-])[C@H](n2ccc(N)nc2=O)O[C@@]2(CO)C[C@@]21O. The van der Waals surface area contributed by atoms with Gasteiger partial charge in [-0.1, -0.05) is 5.11 Å². The number of fused-ring (bicyclic) bond motifs is 1. The van der Waals surface area contributed by atoms with Crippen molar-refractivity contribution in [3.8, 4) is 0 Å². The molecule has 1 aliphatic heterocycles. The molecule has 1 aromatic rings. The van der Waals surface area contributed by atoms with Gasteiger partial charge in [-0.3, -0.25) is 4.57 Å². The van der Waals surface area contributed by atoms with E-state index in [9.17, 15) is 15.0 Å². The van der Waals surface area contributed by atoms with Gasteiger partial charge in [0.05, 0.1) is 6.61 Å². The molecule has 0 unspecified atom stereocenters. The number of aliphatic hydroxyl groups is 2. The molecule has 4 N–H and O–H groups in total. The minimum Gasteiger partial charge on any atom is -0.393 e. The number of aromatic nitrogens is 2. The molecular formula is C11H14N6O4. The Morgan fingerprint density at radius 1 is 1.76 bits per heavy atom. The molecule has 10 heteroatoms. The third kappa shape index (κ3) is 1.49. The highest BCUT2D eigenvalue weighted by atomic mass is 16.6. The van der Waals surface area contributed by atoms with Crippen molar-refractivity contribution in [2.45, 2.75) is 36.3 Å². The molecule has 3 rings (SSSR count). The lowest BCUT2D eigenvalue weighted by molar-refractivity contribution is -0.0778. The summed E-state index contributed by atoms with van der Waals surface area (Å²) < 4.78 is 6.76. The summed E-state index contributed by atoms with van der Waals surface area (Å²) in [6.45, 7) is 1.03. The molecule has 4 atom stereocenters. The average Bonchev–Trinajstić information content (AvgIpc) is 2.99. The Hall–Kier alpha value is -2.13. The molecule has 2 aliphatic rings. The normalized spacial score (nSPS) is 40.4. The molecule has 0 aromatic carbocycles. The van der Waals surface area contributed by atoms with E-state index in [0.717, 1.165) is 4.57 Å². The zero-order valence-corrected chi connectivity index (χ0v) is 11.2. The molecule has 1 saturated carbocycles. The van der Waals surface area contributed by atoms with Crippen LogP contribution in [0.4, 0.5) is 5.82 Å². The van der Waals surface area contributed by atoms with E-state index in [1.807, 2.05) is 0 Å². The number of nitrogens with zero attached hydrogens (tertiary/aromatic N) is 5. The Balaban J connectivity index is 2.14. The van der Waals surface area contributed by atoms with Crippen LogP contribution in [0, 0.1) is 0 Å². The Morgan fingerprint density at radius 2 is 2.48 bits per heavy atom. The van der Waals surface area contributed by atoms with Gasteiger partial charge < -0.3 is 20.7 Å². The molecule has 0 spiro atoms. The molecule has 0 bridgehead atoms. The quantitative estimate of drug-likeness (QED) is 0.379. The minimum absolute atomic E-state index is 0.0421. The summed E-state index contributed by atoms with van der Waals surface area (Å²) in [6, 6.07) is 1.39. The first kappa shape index (κ1) is 13.8. The van der Waals surface area contributed by atoms with Crippen LogP contribution in [0.5, 0.6) is 0 Å². The van der Waals surface area contributed by atoms with E-state index in [1.54, 1.807) is 0 Å². The summed E-state index contributed by atoms with van der Waals surface area (Å²) in [7, 11) is 0. The smallest absolute Gasteiger partial charge is 0.351 e. The maximum atomic E-state index is 12.0. The van der Waals surface area contributed by atoms with Gasteiger partial charge in [0.25, 0.3) is 0 Å². The van der Waals surface area contributed by atoms with Crippen molar-refractivity contribution < 1.29 is 14.9 Å². The molecule has 112 valence electrons. The van der Waals surface area contributed by atoms with E-state index < -0.39 is 35.3 Å². The van der Waals surface area contributed by atoms with Gasteiger partial charge in [-0.2, -0.15) is 4.98 Å². The van der Waals surface area contributed by atoms with Crippen molar-refractivity contribution in [2.75, 3.05) is 12.3 Å². The van der Waals surface area contributed by atoms with E-state index in [4.69, 9.17) is 16.0 Å². The molecule has 0 amide bonds. The van der Waals surface area contributed by atoms with Crippen LogP contribution in [-0.4, -0.2) is 43.1 Å². The molecule has 1 aromatic heterocycles. The van der Waals surface area contributed by atoms with E-state index >= 15 is 0 Å². The minimum atomic E-state index is -1.54. The fraction of sp³-hybridized carbons (Fsp3) is 0.636. The highest BCUT2D eigenvalue weighted by Crippen LogP contribution is 2.68. The number of azide groups is 1. The Bertz CT molecular complexity index is 715. The number of ether oxygens (including phenoxy) is 1.